The van der Waals surface area contributed by atoms with Gasteiger partial charge >= 0.3 is 0 Å². The van der Waals surface area contributed by atoms with Crippen molar-refractivity contribution in [2.45, 2.75) is 59.3 Å². The van der Waals surface area contributed by atoms with Gasteiger partial charge in [-0.1, -0.05) is 150 Å². The highest BCUT2D eigenvalue weighted by atomic mass is 15.2. The number of aryl methyl sites for hydroxylation is 2. The van der Waals surface area contributed by atoms with Crippen molar-refractivity contribution < 1.29 is 0 Å². The molecule has 0 amide bonds. The number of aromatic nitrogens is 1. The van der Waals surface area contributed by atoms with Crippen LogP contribution in [0.5, 0.6) is 0 Å². The fraction of sp³-hybridized carbons (Fsp3) is 0.158. The molecule has 0 saturated carbocycles. The lowest BCUT2D eigenvalue weighted by Gasteiger charge is -2.28. The Hall–Kier alpha value is -6.84. The maximum atomic E-state index is 2.68. The van der Waals surface area contributed by atoms with Crippen molar-refractivity contribution in [3.63, 3.8) is 0 Å². The average Bonchev–Trinajstić information content (AvgIpc) is 3.86. The van der Waals surface area contributed by atoms with Crippen LogP contribution in [-0.2, 0) is 10.8 Å². The molecular weight excluding hydrogens is 727 g/mol. The summed E-state index contributed by atoms with van der Waals surface area (Å²) in [5.41, 5.74) is 18.5. The Labute approximate surface area is 353 Å². The van der Waals surface area contributed by atoms with Crippen molar-refractivity contribution in [1.82, 2.24) is 4.40 Å². The summed E-state index contributed by atoms with van der Waals surface area (Å²) >= 11 is 0. The normalized spacial score (nSPS) is 13.4. The molecule has 0 atom stereocenters. The van der Waals surface area contributed by atoms with E-state index >= 15 is 0 Å². The van der Waals surface area contributed by atoms with Crippen LogP contribution in [0.25, 0.3) is 49.1 Å². The zero-order valence-electron chi connectivity index (χ0n) is 35.5. The van der Waals surface area contributed by atoms with Gasteiger partial charge in [0.05, 0.1) is 16.7 Å². The Bertz CT molecular complexity index is 3290. The van der Waals surface area contributed by atoms with E-state index in [1.54, 1.807) is 0 Å². The molecule has 11 rings (SSSR count). The van der Waals surface area contributed by atoms with E-state index in [9.17, 15) is 0 Å². The van der Waals surface area contributed by atoms with Gasteiger partial charge in [-0.05, 0) is 107 Å². The van der Waals surface area contributed by atoms with E-state index in [2.05, 4.69) is 233 Å². The molecule has 0 aliphatic heterocycles. The SMILES string of the molecule is Cc1ccccc1N(c1ccccc1)c1ccc2ccc3c4ccc(N(c5ccccc5)c5ccccc5C)c5c6c(n(c54)c3c2c1)C(C)(C)c1ccc(C(C)(C)C)cc1-6. The van der Waals surface area contributed by atoms with Gasteiger partial charge in [-0.15, -0.1) is 0 Å². The van der Waals surface area contributed by atoms with Crippen molar-refractivity contribution in [2.24, 2.45) is 0 Å². The first kappa shape index (κ1) is 36.3. The Morgan fingerprint density at radius 3 is 1.70 bits per heavy atom. The van der Waals surface area contributed by atoms with Gasteiger partial charge in [0, 0.05) is 66.7 Å². The summed E-state index contributed by atoms with van der Waals surface area (Å²) in [6.45, 7) is 16.3. The molecule has 0 saturated heterocycles. The third-order valence-electron chi connectivity index (χ3n) is 13.2. The summed E-state index contributed by atoms with van der Waals surface area (Å²) in [6, 6.07) is 63.0. The van der Waals surface area contributed by atoms with Crippen LogP contribution in [0.1, 0.15) is 62.6 Å². The molecular formula is C57H49N3. The first-order valence-corrected chi connectivity index (χ1v) is 21.3. The summed E-state index contributed by atoms with van der Waals surface area (Å²) in [5, 5.41) is 6.34. The third kappa shape index (κ3) is 5.21. The van der Waals surface area contributed by atoms with Crippen LogP contribution >= 0.6 is 0 Å². The molecule has 0 N–H and O–H groups in total. The van der Waals surface area contributed by atoms with E-state index in [4.69, 9.17) is 0 Å². The van der Waals surface area contributed by atoms with Crippen molar-refractivity contribution >= 4 is 72.1 Å². The van der Waals surface area contributed by atoms with Crippen LogP contribution < -0.4 is 9.80 Å². The Morgan fingerprint density at radius 1 is 0.483 bits per heavy atom. The molecule has 60 heavy (non-hydrogen) atoms. The molecule has 292 valence electrons. The lowest BCUT2D eigenvalue weighted by atomic mass is 9.81. The number of para-hydroxylation sites is 4. The van der Waals surface area contributed by atoms with Gasteiger partial charge in [-0.2, -0.15) is 0 Å². The van der Waals surface area contributed by atoms with E-state index < -0.39 is 0 Å². The van der Waals surface area contributed by atoms with Crippen LogP contribution in [0.2, 0.25) is 0 Å². The summed E-state index contributed by atoms with van der Waals surface area (Å²) in [4.78, 5) is 4.91. The van der Waals surface area contributed by atoms with E-state index in [-0.39, 0.29) is 10.8 Å². The molecule has 1 aliphatic carbocycles. The fourth-order valence-corrected chi connectivity index (χ4v) is 10.3. The van der Waals surface area contributed by atoms with Crippen LogP contribution in [-0.4, -0.2) is 4.40 Å². The number of rotatable bonds is 6. The third-order valence-corrected chi connectivity index (χ3v) is 13.2. The fourth-order valence-electron chi connectivity index (χ4n) is 10.3. The maximum absolute atomic E-state index is 2.68. The molecule has 0 bridgehead atoms. The second-order valence-corrected chi connectivity index (χ2v) is 18.3. The number of hydrogen-bond donors (Lipinski definition) is 0. The first-order chi connectivity index (χ1) is 29.0. The van der Waals surface area contributed by atoms with E-state index in [1.807, 2.05) is 0 Å². The van der Waals surface area contributed by atoms with Gasteiger partial charge < -0.3 is 14.2 Å². The molecule has 0 radical (unpaired) electrons. The lowest BCUT2D eigenvalue weighted by Crippen LogP contribution is -2.18. The monoisotopic (exact) mass is 775 g/mol. The summed E-state index contributed by atoms with van der Waals surface area (Å²) in [7, 11) is 0. The second kappa shape index (κ2) is 13.1. The van der Waals surface area contributed by atoms with Gasteiger partial charge in [0.2, 0.25) is 0 Å². The van der Waals surface area contributed by atoms with Gasteiger partial charge in [-0.25, -0.2) is 0 Å². The number of anilines is 6. The Balaban J connectivity index is 1.30. The minimum atomic E-state index is -0.270. The number of hydrogen-bond acceptors (Lipinski definition) is 2. The molecule has 2 aromatic heterocycles. The number of fused-ring (bicyclic) bond motifs is 10. The van der Waals surface area contributed by atoms with Crippen molar-refractivity contribution in [1.29, 1.82) is 0 Å². The van der Waals surface area contributed by atoms with Gasteiger partial charge in [-0.3, -0.25) is 0 Å². The number of nitrogens with zero attached hydrogens (tertiary/aromatic N) is 3. The van der Waals surface area contributed by atoms with Gasteiger partial charge in [0.15, 0.2) is 0 Å². The standard InChI is InChI=1S/C57H49N3/c1-36-18-14-16-24-48(36)58(40-20-10-8-11-21-40)42-29-26-38-27-30-43-44-31-33-50(59(41-22-12-9-13-23-41)49-25-17-15-19-37(49)2)52-51-46-34-39(56(3,4)5)28-32-47(46)57(6,7)55(51)60(54(44)52)53(43)45(38)35-42/h8-35H,1-7H3. The summed E-state index contributed by atoms with van der Waals surface area (Å²) in [6.07, 6.45) is 0. The molecule has 3 nitrogen and oxygen atoms in total. The molecule has 2 heterocycles. The predicted octanol–water partition coefficient (Wildman–Crippen LogP) is 16.0. The highest BCUT2D eigenvalue weighted by Crippen LogP contribution is 2.59. The number of benzene rings is 8. The minimum absolute atomic E-state index is 0.00349. The highest BCUT2D eigenvalue weighted by molar-refractivity contribution is 6.27. The van der Waals surface area contributed by atoms with E-state index in [0.29, 0.717) is 0 Å². The molecule has 0 spiro atoms. The minimum Gasteiger partial charge on any atom is -0.310 e. The molecule has 10 aromatic rings. The molecule has 0 fully saturated rings. The molecule has 1 aliphatic rings. The van der Waals surface area contributed by atoms with Crippen molar-refractivity contribution in [2.75, 3.05) is 9.80 Å². The molecule has 3 heteroatoms. The van der Waals surface area contributed by atoms with Gasteiger partial charge in [0.25, 0.3) is 0 Å². The Kier molecular flexibility index (Phi) is 7.90. The van der Waals surface area contributed by atoms with Crippen molar-refractivity contribution in [3.8, 4) is 11.1 Å². The van der Waals surface area contributed by atoms with E-state index in [0.717, 1.165) is 17.1 Å². The van der Waals surface area contributed by atoms with Crippen molar-refractivity contribution in [3.05, 3.63) is 198 Å². The summed E-state index contributed by atoms with van der Waals surface area (Å²) in [5.74, 6) is 0. The zero-order chi connectivity index (χ0) is 41.1. The second-order valence-electron chi connectivity index (χ2n) is 18.3. The molecule has 8 aromatic carbocycles. The van der Waals surface area contributed by atoms with Crippen LogP contribution in [0.4, 0.5) is 34.1 Å². The quantitative estimate of drug-likeness (QED) is 0.167. The topological polar surface area (TPSA) is 10.9 Å². The average molecular weight is 776 g/mol. The zero-order valence-corrected chi connectivity index (χ0v) is 35.5. The highest BCUT2D eigenvalue weighted by Gasteiger charge is 2.43. The summed E-state index contributed by atoms with van der Waals surface area (Å²) < 4.78 is 2.68. The van der Waals surface area contributed by atoms with E-state index in [1.165, 1.54) is 94.1 Å². The predicted molar refractivity (Wildman–Crippen MR) is 256 cm³/mol. The van der Waals surface area contributed by atoms with Crippen LogP contribution in [0, 0.1) is 13.8 Å². The lowest BCUT2D eigenvalue weighted by molar-refractivity contribution is 0.588. The van der Waals surface area contributed by atoms with Gasteiger partial charge in [0.1, 0.15) is 0 Å². The largest absolute Gasteiger partial charge is 0.310 e. The molecule has 0 unspecified atom stereocenters. The smallest absolute Gasteiger partial charge is 0.0639 e. The Morgan fingerprint density at radius 2 is 1.05 bits per heavy atom. The maximum Gasteiger partial charge on any atom is 0.0639 e. The van der Waals surface area contributed by atoms with Crippen LogP contribution in [0.15, 0.2) is 170 Å². The first-order valence-electron chi connectivity index (χ1n) is 21.3. The van der Waals surface area contributed by atoms with Crippen LogP contribution in [0.3, 0.4) is 0 Å².